The number of carbonyl (C=O) groups is 6. The smallest absolute Gasteiger partial charge is 0.462 e. The second kappa shape index (κ2) is 30.4. The van der Waals surface area contributed by atoms with Gasteiger partial charge in [-0.3, -0.25) is 9.59 Å². The minimum atomic E-state index is -2.86. The molecule has 1 fully saturated rings. The van der Waals surface area contributed by atoms with Gasteiger partial charge in [0.2, 0.25) is 0 Å². The van der Waals surface area contributed by atoms with E-state index in [4.69, 9.17) is 47.0 Å². The monoisotopic (exact) mass is 828 g/mol. The van der Waals surface area contributed by atoms with Crippen molar-refractivity contribution in [1.29, 1.82) is 5.26 Å². The van der Waals surface area contributed by atoms with Crippen LogP contribution in [0.4, 0.5) is 4.79 Å². The fraction of sp³-hybridized carbons (Fsp3) is 0.658. The van der Waals surface area contributed by atoms with E-state index in [1.54, 1.807) is 6.26 Å². The predicted octanol–water partition coefficient (Wildman–Crippen LogP) is 4.40. The van der Waals surface area contributed by atoms with Gasteiger partial charge in [0.25, 0.3) is 6.26 Å². The quantitative estimate of drug-likeness (QED) is 0.0318. The maximum absolute atomic E-state index is 13.0. The molecule has 18 nitrogen and oxygen atoms in total. The molecular formula is C38H60N2O16Si. The highest BCUT2D eigenvalue weighted by Gasteiger charge is 2.41. The van der Waals surface area contributed by atoms with Crippen LogP contribution in [0.1, 0.15) is 78.6 Å². The third kappa shape index (κ3) is 23.8. The lowest BCUT2D eigenvalue weighted by Gasteiger charge is -2.36. The van der Waals surface area contributed by atoms with Crippen molar-refractivity contribution in [1.82, 2.24) is 5.32 Å². The summed E-state index contributed by atoms with van der Waals surface area (Å²) in [5, 5.41) is 10.4. The zero-order valence-corrected chi connectivity index (χ0v) is 35.1. The van der Waals surface area contributed by atoms with Crippen molar-refractivity contribution in [3.63, 3.8) is 0 Å². The van der Waals surface area contributed by atoms with E-state index in [1.807, 2.05) is 0 Å². The van der Waals surface area contributed by atoms with Crippen molar-refractivity contribution in [2.75, 3.05) is 54.3 Å². The summed E-state index contributed by atoms with van der Waals surface area (Å²) in [6.45, 7) is 15.2. The van der Waals surface area contributed by atoms with Gasteiger partial charge in [-0.15, -0.1) is 0 Å². The Hall–Kier alpha value is -4.77. The Morgan fingerprint density at radius 2 is 1.44 bits per heavy atom. The zero-order valence-electron chi connectivity index (χ0n) is 34.1. The molecule has 1 aliphatic rings. The number of esters is 5. The molecule has 0 aromatic rings. The third-order valence-electron chi connectivity index (χ3n) is 8.17. The van der Waals surface area contributed by atoms with E-state index < -0.39 is 82.7 Å². The van der Waals surface area contributed by atoms with Crippen LogP contribution in [0.5, 0.6) is 0 Å². The van der Waals surface area contributed by atoms with Crippen LogP contribution in [0.2, 0.25) is 6.04 Å². The summed E-state index contributed by atoms with van der Waals surface area (Å²) in [6, 6.07) is 0.515. The van der Waals surface area contributed by atoms with Gasteiger partial charge in [-0.05, 0) is 58.3 Å². The number of nitrogens with one attached hydrogen (secondary N) is 1. The van der Waals surface area contributed by atoms with Crippen LogP contribution in [-0.4, -0.2) is 117 Å². The first kappa shape index (κ1) is 52.2. The van der Waals surface area contributed by atoms with Crippen LogP contribution < -0.4 is 5.32 Å². The molecule has 0 aromatic carbocycles. The van der Waals surface area contributed by atoms with E-state index >= 15 is 0 Å². The number of amides is 1. The highest BCUT2D eigenvalue weighted by molar-refractivity contribution is 6.60. The van der Waals surface area contributed by atoms with Gasteiger partial charge in [-0.2, -0.15) is 5.26 Å². The summed E-state index contributed by atoms with van der Waals surface area (Å²) < 4.78 is 52.6. The number of ether oxygens (including phenoxy) is 7. The van der Waals surface area contributed by atoms with Gasteiger partial charge in [0.05, 0.1) is 19.4 Å². The first-order valence-electron chi connectivity index (χ1n) is 18.5. The van der Waals surface area contributed by atoms with Crippen LogP contribution in [-0.2, 0) is 70.4 Å². The van der Waals surface area contributed by atoms with E-state index in [2.05, 4.69) is 36.7 Å². The molecule has 1 amide bonds. The van der Waals surface area contributed by atoms with Gasteiger partial charge in [-0.1, -0.05) is 33.1 Å². The fourth-order valence-corrected chi connectivity index (χ4v) is 6.83. The van der Waals surface area contributed by atoms with Crippen molar-refractivity contribution < 1.29 is 75.2 Å². The lowest BCUT2D eigenvalue weighted by Crippen LogP contribution is -2.45. The van der Waals surface area contributed by atoms with Crippen LogP contribution in [0.3, 0.4) is 0 Å². The van der Waals surface area contributed by atoms with Gasteiger partial charge >= 0.3 is 44.7 Å². The van der Waals surface area contributed by atoms with Gasteiger partial charge in [0, 0.05) is 51.1 Å². The van der Waals surface area contributed by atoms with Crippen molar-refractivity contribution >= 4 is 44.7 Å². The topological polar surface area (TPSA) is 231 Å². The molecule has 1 rings (SSSR count). The molecular weight excluding hydrogens is 769 g/mol. The molecule has 57 heavy (non-hydrogen) atoms. The SMILES string of the molecule is C=CC(=O)OCCCNC(=O)OC1CCC(CC[Si](OC)(OC)OC)CC1OC(=O)CCC(=O)OC(COC(=O)C(=C)C)COC(=O)C(=C)C.CCCCOC#N. The number of alkyl carbamates (subject to hydrolysis) is 1. The average molecular weight is 829 g/mol. The molecule has 1 N–H and O–H groups in total. The van der Waals surface area contributed by atoms with Gasteiger partial charge < -0.3 is 51.8 Å². The lowest BCUT2D eigenvalue weighted by molar-refractivity contribution is -0.167. The van der Waals surface area contributed by atoms with E-state index in [-0.39, 0.29) is 36.6 Å². The number of unbranched alkanes of at least 4 members (excludes halogenated alkanes) is 1. The minimum Gasteiger partial charge on any atom is -0.462 e. The first-order valence-corrected chi connectivity index (χ1v) is 20.5. The summed E-state index contributed by atoms with van der Waals surface area (Å²) in [7, 11) is 1.70. The van der Waals surface area contributed by atoms with Crippen molar-refractivity contribution in [3.05, 3.63) is 37.0 Å². The highest BCUT2D eigenvalue weighted by atomic mass is 28.4. The predicted molar refractivity (Wildman–Crippen MR) is 205 cm³/mol. The molecule has 0 radical (unpaired) electrons. The Morgan fingerprint density at radius 3 is 1.96 bits per heavy atom. The maximum Gasteiger partial charge on any atom is 0.500 e. The van der Waals surface area contributed by atoms with Gasteiger partial charge in [-0.25, -0.2) is 19.2 Å². The molecule has 0 bridgehead atoms. The molecule has 1 aliphatic carbocycles. The number of nitrogens with zero attached hydrogens (tertiary/aromatic N) is 1. The number of rotatable bonds is 26. The van der Waals surface area contributed by atoms with Crippen LogP contribution in [0.15, 0.2) is 37.0 Å². The average Bonchev–Trinajstić information content (AvgIpc) is 3.19. The fourth-order valence-electron chi connectivity index (χ4n) is 4.95. The van der Waals surface area contributed by atoms with E-state index in [0.29, 0.717) is 44.8 Å². The molecule has 0 spiro atoms. The van der Waals surface area contributed by atoms with Gasteiger partial charge in [0.15, 0.2) is 6.10 Å². The second-order valence-corrected chi connectivity index (χ2v) is 15.9. The first-order chi connectivity index (χ1) is 27.1. The molecule has 3 atom stereocenters. The highest BCUT2D eigenvalue weighted by Crippen LogP contribution is 2.34. The molecule has 1 saturated carbocycles. The molecule has 0 saturated heterocycles. The molecule has 19 heteroatoms. The largest absolute Gasteiger partial charge is 0.500 e. The summed E-state index contributed by atoms with van der Waals surface area (Å²) >= 11 is 0. The van der Waals surface area contributed by atoms with Crippen molar-refractivity contribution in [2.45, 2.75) is 103 Å². The summed E-state index contributed by atoms with van der Waals surface area (Å²) in [5.41, 5.74) is 0.232. The summed E-state index contributed by atoms with van der Waals surface area (Å²) in [6.07, 6.45) is 2.83. The Morgan fingerprint density at radius 1 is 0.842 bits per heavy atom. The molecule has 0 heterocycles. The standard InChI is InChI=1S/C33H51NO15Si.C5H9NO/c1-9-28(35)44-17-10-16-34-33(40)49-26-12-11-24(15-18-50(41-6,42-7)43-8)19-27(26)48-30(37)14-13-29(36)47-25(20-45-31(38)22(2)3)21-46-32(39)23(4)5;1-2-3-4-7-5-6/h9,24-27H,1-2,4,10-21H2,3,5-8H3,(H,34,40);2-4H2,1H3. The van der Waals surface area contributed by atoms with Crippen LogP contribution >= 0.6 is 0 Å². The Labute approximate surface area is 336 Å². The number of carbonyl (C=O) groups excluding carboxylic acids is 6. The van der Waals surface area contributed by atoms with Crippen molar-refractivity contribution in [3.8, 4) is 6.26 Å². The molecule has 0 aliphatic heterocycles. The second-order valence-electron chi connectivity index (χ2n) is 12.8. The van der Waals surface area contributed by atoms with Crippen LogP contribution in [0, 0.1) is 17.4 Å². The third-order valence-corrected chi connectivity index (χ3v) is 10.9. The van der Waals surface area contributed by atoms with Gasteiger partial charge in [0.1, 0.15) is 32.0 Å². The Balaban J connectivity index is 0.00000407. The molecule has 0 aromatic heterocycles. The minimum absolute atomic E-state index is 0.0529. The van der Waals surface area contributed by atoms with E-state index in [9.17, 15) is 28.8 Å². The maximum atomic E-state index is 13.0. The zero-order chi connectivity index (χ0) is 43.2. The van der Waals surface area contributed by atoms with E-state index in [1.165, 1.54) is 35.2 Å². The lowest BCUT2D eigenvalue weighted by atomic mass is 9.83. The molecule has 322 valence electrons. The van der Waals surface area contributed by atoms with Crippen LogP contribution in [0.25, 0.3) is 0 Å². The normalized spacial score (nSPS) is 15.9. The Kier molecular flexibility index (Phi) is 27.8. The Bertz CT molecular complexity index is 1320. The summed E-state index contributed by atoms with van der Waals surface area (Å²) in [4.78, 5) is 73.0. The summed E-state index contributed by atoms with van der Waals surface area (Å²) in [5.74, 6) is -3.55. The van der Waals surface area contributed by atoms with Crippen molar-refractivity contribution in [2.24, 2.45) is 5.92 Å². The molecule has 3 unspecified atom stereocenters. The number of hydrogen-bond acceptors (Lipinski definition) is 17. The number of hydrogen-bond donors (Lipinski definition) is 1. The number of nitriles is 1. The van der Waals surface area contributed by atoms with E-state index in [0.717, 1.165) is 18.9 Å².